The largest absolute Gasteiger partial charge is 0.443 e. The summed E-state index contributed by atoms with van der Waals surface area (Å²) in [5.41, 5.74) is 1.05. The van der Waals surface area contributed by atoms with E-state index in [1.807, 2.05) is 0 Å². The second-order valence-corrected chi connectivity index (χ2v) is 6.67. The number of nitrogens with zero attached hydrogens (tertiary/aromatic N) is 1. The third kappa shape index (κ3) is 5.02. The van der Waals surface area contributed by atoms with Crippen LogP contribution in [0.1, 0.15) is 22.2 Å². The second-order valence-electron chi connectivity index (χ2n) is 5.81. The minimum absolute atomic E-state index is 0.00278. The molecule has 0 radical (unpaired) electrons. The molecule has 1 heterocycles. The van der Waals surface area contributed by atoms with Crippen molar-refractivity contribution < 1.29 is 23.5 Å². The molecular formula is C20H16FN3O4S. The van der Waals surface area contributed by atoms with Crippen LogP contribution in [0.25, 0.3) is 10.6 Å². The summed E-state index contributed by atoms with van der Waals surface area (Å²) in [5, 5.41) is 6.35. The predicted octanol–water partition coefficient (Wildman–Crippen LogP) is 3.30. The van der Waals surface area contributed by atoms with Gasteiger partial charge in [-0.1, -0.05) is 30.3 Å². The molecule has 0 bridgehead atoms. The number of thiazole rings is 1. The van der Waals surface area contributed by atoms with E-state index in [1.165, 1.54) is 35.9 Å². The number of urea groups is 1. The molecule has 2 aromatic carbocycles. The molecule has 0 aliphatic heterocycles. The van der Waals surface area contributed by atoms with Crippen LogP contribution in [0.4, 0.5) is 9.18 Å². The molecule has 9 heteroatoms. The quantitative estimate of drug-likeness (QED) is 0.626. The van der Waals surface area contributed by atoms with Gasteiger partial charge in [0.05, 0.1) is 0 Å². The van der Waals surface area contributed by atoms with Crippen molar-refractivity contribution in [3.8, 4) is 10.6 Å². The van der Waals surface area contributed by atoms with Crippen LogP contribution >= 0.6 is 11.3 Å². The molecule has 0 fully saturated rings. The third-order valence-corrected chi connectivity index (χ3v) is 4.72. The molecule has 2 N–H and O–H groups in total. The Morgan fingerprint density at radius 1 is 1.07 bits per heavy atom. The van der Waals surface area contributed by atoms with Crippen LogP contribution in [0, 0.1) is 5.82 Å². The SMILES string of the molecule is CNC(=O)NC(=O)[C@@H](OC(=O)c1csc(-c2ccc(F)cc2)n1)c1ccccc1. The van der Waals surface area contributed by atoms with Crippen molar-refractivity contribution in [2.24, 2.45) is 0 Å². The number of hydrogen-bond donors (Lipinski definition) is 2. The lowest BCUT2D eigenvalue weighted by Crippen LogP contribution is -2.41. The fraction of sp³-hybridized carbons (Fsp3) is 0.100. The second kappa shape index (κ2) is 9.07. The summed E-state index contributed by atoms with van der Waals surface area (Å²) in [5.74, 6) is -1.99. The van der Waals surface area contributed by atoms with Gasteiger partial charge in [0.1, 0.15) is 10.8 Å². The highest BCUT2D eigenvalue weighted by Gasteiger charge is 2.28. The van der Waals surface area contributed by atoms with E-state index in [0.29, 0.717) is 16.1 Å². The van der Waals surface area contributed by atoms with Crippen molar-refractivity contribution in [2.45, 2.75) is 6.10 Å². The molecule has 3 aromatic rings. The number of carbonyl (C=O) groups is 3. The summed E-state index contributed by atoms with van der Waals surface area (Å²) in [6.45, 7) is 0. The Morgan fingerprint density at radius 2 is 1.76 bits per heavy atom. The van der Waals surface area contributed by atoms with Gasteiger partial charge in [-0.25, -0.2) is 19.0 Å². The lowest BCUT2D eigenvalue weighted by molar-refractivity contribution is -0.129. The van der Waals surface area contributed by atoms with Crippen LogP contribution in [0.3, 0.4) is 0 Å². The van der Waals surface area contributed by atoms with Gasteiger partial charge in [-0.15, -0.1) is 11.3 Å². The molecule has 0 saturated heterocycles. The van der Waals surface area contributed by atoms with Gasteiger partial charge in [0.2, 0.25) is 6.10 Å². The molecule has 29 heavy (non-hydrogen) atoms. The first-order valence-corrected chi connectivity index (χ1v) is 9.36. The van der Waals surface area contributed by atoms with Crippen LogP contribution < -0.4 is 10.6 Å². The molecule has 3 amide bonds. The Morgan fingerprint density at radius 3 is 2.41 bits per heavy atom. The van der Waals surface area contributed by atoms with Gasteiger partial charge in [-0.05, 0) is 24.3 Å². The lowest BCUT2D eigenvalue weighted by Gasteiger charge is -2.16. The molecule has 0 aliphatic carbocycles. The highest BCUT2D eigenvalue weighted by Crippen LogP contribution is 2.26. The van der Waals surface area contributed by atoms with Crippen molar-refractivity contribution in [3.05, 3.63) is 77.1 Å². The number of hydrogen-bond acceptors (Lipinski definition) is 6. The van der Waals surface area contributed by atoms with E-state index in [2.05, 4.69) is 15.6 Å². The van der Waals surface area contributed by atoms with Crippen molar-refractivity contribution >= 4 is 29.2 Å². The Hall–Kier alpha value is -3.59. The summed E-state index contributed by atoms with van der Waals surface area (Å²) in [4.78, 5) is 40.7. The number of imide groups is 1. The number of ether oxygens (including phenoxy) is 1. The highest BCUT2D eigenvalue weighted by molar-refractivity contribution is 7.13. The average Bonchev–Trinajstić information content (AvgIpc) is 3.23. The van der Waals surface area contributed by atoms with E-state index in [-0.39, 0.29) is 11.5 Å². The van der Waals surface area contributed by atoms with Crippen LogP contribution in [-0.2, 0) is 9.53 Å². The highest BCUT2D eigenvalue weighted by atomic mass is 32.1. The van der Waals surface area contributed by atoms with Crippen LogP contribution in [-0.4, -0.2) is 29.9 Å². The Balaban J connectivity index is 1.80. The molecule has 0 saturated carbocycles. The van der Waals surface area contributed by atoms with Gasteiger partial charge in [-0.2, -0.15) is 0 Å². The fourth-order valence-corrected chi connectivity index (χ4v) is 3.20. The topological polar surface area (TPSA) is 97.4 Å². The van der Waals surface area contributed by atoms with E-state index in [9.17, 15) is 18.8 Å². The summed E-state index contributed by atoms with van der Waals surface area (Å²) in [6, 6.07) is 13.3. The third-order valence-electron chi connectivity index (χ3n) is 3.83. The summed E-state index contributed by atoms with van der Waals surface area (Å²) in [6.07, 6.45) is -1.34. The van der Waals surface area contributed by atoms with E-state index in [0.717, 1.165) is 0 Å². The van der Waals surface area contributed by atoms with Crippen molar-refractivity contribution in [3.63, 3.8) is 0 Å². The van der Waals surface area contributed by atoms with E-state index < -0.39 is 24.0 Å². The van der Waals surface area contributed by atoms with Gasteiger partial charge < -0.3 is 10.1 Å². The monoisotopic (exact) mass is 413 g/mol. The van der Waals surface area contributed by atoms with Gasteiger partial charge in [0, 0.05) is 23.6 Å². The maximum Gasteiger partial charge on any atom is 0.358 e. The normalized spacial score (nSPS) is 11.4. The number of halogens is 1. The number of carbonyl (C=O) groups excluding carboxylic acids is 3. The first-order valence-electron chi connectivity index (χ1n) is 8.48. The lowest BCUT2D eigenvalue weighted by atomic mass is 10.1. The molecule has 0 aliphatic rings. The minimum Gasteiger partial charge on any atom is -0.443 e. The van der Waals surface area contributed by atoms with E-state index >= 15 is 0 Å². The van der Waals surface area contributed by atoms with Crippen molar-refractivity contribution in [1.82, 2.24) is 15.6 Å². The number of esters is 1. The zero-order valence-electron chi connectivity index (χ0n) is 15.2. The number of amides is 3. The van der Waals surface area contributed by atoms with E-state index in [4.69, 9.17) is 4.74 Å². The summed E-state index contributed by atoms with van der Waals surface area (Å²) in [7, 11) is 1.36. The van der Waals surface area contributed by atoms with Crippen LogP contribution in [0.2, 0.25) is 0 Å². The average molecular weight is 413 g/mol. The number of aromatic nitrogens is 1. The molecule has 1 aromatic heterocycles. The zero-order valence-corrected chi connectivity index (χ0v) is 16.0. The van der Waals surface area contributed by atoms with Gasteiger partial charge >= 0.3 is 12.0 Å². The summed E-state index contributed by atoms with van der Waals surface area (Å²) >= 11 is 1.18. The van der Waals surface area contributed by atoms with Gasteiger partial charge in [0.15, 0.2) is 5.69 Å². The molecule has 0 unspecified atom stereocenters. The molecule has 3 rings (SSSR count). The molecule has 1 atom stereocenters. The maximum absolute atomic E-state index is 13.1. The number of nitrogens with one attached hydrogen (secondary N) is 2. The Bertz CT molecular complexity index is 1020. The number of rotatable bonds is 5. The standard InChI is InChI=1S/C20H16FN3O4S/c1-22-20(27)24-17(25)16(12-5-3-2-4-6-12)28-19(26)15-11-29-18(23-15)13-7-9-14(21)10-8-13/h2-11,16H,1H3,(H2,22,24,25,27)/t16-/m0/s1. The van der Waals surface area contributed by atoms with Gasteiger partial charge in [0.25, 0.3) is 5.91 Å². The number of benzene rings is 2. The van der Waals surface area contributed by atoms with Crippen LogP contribution in [0.15, 0.2) is 60.0 Å². The smallest absolute Gasteiger partial charge is 0.358 e. The fourth-order valence-electron chi connectivity index (χ4n) is 2.40. The summed E-state index contributed by atoms with van der Waals surface area (Å²) < 4.78 is 18.4. The molecule has 7 nitrogen and oxygen atoms in total. The van der Waals surface area contributed by atoms with Crippen molar-refractivity contribution in [1.29, 1.82) is 0 Å². The Labute approximate surface area is 169 Å². The van der Waals surface area contributed by atoms with Crippen LogP contribution in [0.5, 0.6) is 0 Å². The molecular weight excluding hydrogens is 397 g/mol. The maximum atomic E-state index is 13.1. The zero-order chi connectivity index (χ0) is 20.8. The Kier molecular flexibility index (Phi) is 6.30. The van der Waals surface area contributed by atoms with Gasteiger partial charge in [-0.3, -0.25) is 10.1 Å². The minimum atomic E-state index is -1.34. The first kappa shape index (κ1) is 20.2. The molecule has 148 valence electrons. The predicted molar refractivity (Wildman–Crippen MR) is 105 cm³/mol. The van der Waals surface area contributed by atoms with Crippen molar-refractivity contribution in [2.75, 3.05) is 7.05 Å². The molecule has 0 spiro atoms. The van der Waals surface area contributed by atoms with E-state index in [1.54, 1.807) is 42.5 Å². The first-order chi connectivity index (χ1) is 14.0.